The fraction of sp³-hybridized carbons (Fsp3) is 0.556. The van der Waals surface area contributed by atoms with Crippen LogP contribution in [0.4, 0.5) is 0 Å². The minimum atomic E-state index is 0.00838. The number of aromatic hydroxyl groups is 1. The first-order valence-corrected chi connectivity index (χ1v) is 11.6. The van der Waals surface area contributed by atoms with Crippen LogP contribution in [0.2, 0.25) is 0 Å². The molecule has 1 fully saturated rings. The van der Waals surface area contributed by atoms with Crippen molar-refractivity contribution < 1.29 is 28.8 Å². The Morgan fingerprint density at radius 2 is 1.24 bits per heavy atom. The molecule has 1 saturated carbocycles. The third-order valence-electron chi connectivity index (χ3n) is 6.29. The van der Waals surface area contributed by atoms with Gasteiger partial charge in [-0.3, -0.25) is 0 Å². The molecule has 1 aliphatic carbocycles. The summed E-state index contributed by atoms with van der Waals surface area (Å²) in [5.74, 6) is 0.774. The first-order chi connectivity index (χ1) is 16.0. The maximum atomic E-state index is 10.7. The van der Waals surface area contributed by atoms with Crippen molar-refractivity contribution in [3.8, 4) is 16.9 Å². The van der Waals surface area contributed by atoms with E-state index in [-0.39, 0.29) is 11.9 Å². The second kappa shape index (κ2) is 12.5. The van der Waals surface area contributed by atoms with Gasteiger partial charge in [-0.05, 0) is 77.8 Å². The standard InChI is InChI=1S/C27H38O6/c1-18(13-29-2)33-17-23-10-20(9-22(14-30-3)26(23)19-7-6-8-19)21-11-24(15-31-4)27(28)25(12-21)16-32-5/h9-12,18-19,28H,6-8,13-17H2,1-5H3. The summed E-state index contributed by atoms with van der Waals surface area (Å²) in [6.45, 7) is 4.31. The van der Waals surface area contributed by atoms with E-state index in [1.54, 1.807) is 28.4 Å². The van der Waals surface area contributed by atoms with Crippen molar-refractivity contribution in [1.29, 1.82) is 0 Å². The average Bonchev–Trinajstić information content (AvgIpc) is 2.76. The van der Waals surface area contributed by atoms with Gasteiger partial charge in [-0.2, -0.15) is 0 Å². The third-order valence-corrected chi connectivity index (χ3v) is 6.29. The van der Waals surface area contributed by atoms with Gasteiger partial charge in [-0.15, -0.1) is 0 Å². The second-order valence-corrected chi connectivity index (χ2v) is 8.86. The highest BCUT2D eigenvalue weighted by Crippen LogP contribution is 2.42. The molecule has 3 rings (SSSR count). The predicted octanol–water partition coefficient (Wildman–Crippen LogP) is 5.32. The van der Waals surface area contributed by atoms with E-state index in [0.717, 1.165) is 22.3 Å². The van der Waals surface area contributed by atoms with E-state index in [1.165, 1.54) is 36.0 Å². The SMILES string of the molecule is COCc1cc(-c2cc(COC)c(C3CCC3)c(COC(C)COC)c2)cc(COC)c1O. The zero-order valence-corrected chi connectivity index (χ0v) is 20.6. The summed E-state index contributed by atoms with van der Waals surface area (Å²) in [7, 11) is 6.69. The van der Waals surface area contributed by atoms with Crippen molar-refractivity contribution in [2.75, 3.05) is 35.0 Å². The third kappa shape index (κ3) is 6.34. The van der Waals surface area contributed by atoms with E-state index in [0.29, 0.717) is 39.0 Å². The average molecular weight is 459 g/mol. The number of rotatable bonds is 13. The van der Waals surface area contributed by atoms with Crippen LogP contribution in [0.25, 0.3) is 11.1 Å². The highest BCUT2D eigenvalue weighted by atomic mass is 16.5. The summed E-state index contributed by atoms with van der Waals surface area (Å²) >= 11 is 0. The molecule has 1 N–H and O–H groups in total. The predicted molar refractivity (Wildman–Crippen MR) is 128 cm³/mol. The first-order valence-electron chi connectivity index (χ1n) is 11.6. The van der Waals surface area contributed by atoms with Crippen LogP contribution >= 0.6 is 0 Å². The Morgan fingerprint density at radius 1 is 0.758 bits per heavy atom. The van der Waals surface area contributed by atoms with Crippen molar-refractivity contribution in [1.82, 2.24) is 0 Å². The lowest BCUT2D eigenvalue weighted by atomic mass is 9.75. The van der Waals surface area contributed by atoms with Gasteiger partial charge >= 0.3 is 0 Å². The topological polar surface area (TPSA) is 66.4 Å². The van der Waals surface area contributed by atoms with Gasteiger partial charge < -0.3 is 28.8 Å². The van der Waals surface area contributed by atoms with Gasteiger partial charge in [0.05, 0.1) is 39.1 Å². The molecule has 1 aliphatic rings. The molecular formula is C27H38O6. The lowest BCUT2D eigenvalue weighted by Gasteiger charge is -2.31. The molecule has 2 aromatic rings. The number of methoxy groups -OCH3 is 4. The van der Waals surface area contributed by atoms with Crippen LogP contribution in [-0.2, 0) is 50.1 Å². The molecule has 2 aromatic carbocycles. The minimum absolute atomic E-state index is 0.00838. The summed E-state index contributed by atoms with van der Waals surface area (Å²) in [5, 5.41) is 10.7. The molecule has 1 atom stereocenters. The van der Waals surface area contributed by atoms with Gasteiger partial charge in [0, 0.05) is 39.6 Å². The fourth-order valence-corrected chi connectivity index (χ4v) is 4.53. The molecule has 1 unspecified atom stereocenters. The lowest BCUT2D eigenvalue weighted by molar-refractivity contribution is -0.000624. The molecule has 0 aromatic heterocycles. The van der Waals surface area contributed by atoms with Crippen molar-refractivity contribution in [3.63, 3.8) is 0 Å². The zero-order valence-electron chi connectivity index (χ0n) is 20.6. The Balaban J connectivity index is 2.09. The smallest absolute Gasteiger partial charge is 0.126 e. The molecule has 0 bridgehead atoms. The Kier molecular flexibility index (Phi) is 9.71. The molecule has 0 amide bonds. The minimum Gasteiger partial charge on any atom is -0.507 e. The normalized spacial score (nSPS) is 14.9. The van der Waals surface area contributed by atoms with Crippen molar-refractivity contribution in [2.24, 2.45) is 0 Å². The Bertz CT molecular complexity index is 879. The monoisotopic (exact) mass is 458 g/mol. The molecule has 182 valence electrons. The number of phenolic OH excluding ortho intramolecular Hbond substituents is 1. The summed E-state index contributed by atoms with van der Waals surface area (Å²) in [6, 6.07) is 8.43. The van der Waals surface area contributed by atoms with Crippen LogP contribution in [0.1, 0.15) is 59.9 Å². The molecule has 6 nitrogen and oxygen atoms in total. The Hall–Kier alpha value is -1.96. The Labute approximate surface area is 197 Å². The first kappa shape index (κ1) is 25.7. The van der Waals surface area contributed by atoms with Gasteiger partial charge in [0.15, 0.2) is 0 Å². The van der Waals surface area contributed by atoms with Crippen molar-refractivity contribution in [3.05, 3.63) is 52.1 Å². The maximum Gasteiger partial charge on any atom is 0.126 e. The molecule has 0 spiro atoms. The molecule has 0 aliphatic heterocycles. The van der Waals surface area contributed by atoms with Crippen LogP contribution in [0, 0.1) is 0 Å². The second-order valence-electron chi connectivity index (χ2n) is 8.86. The van der Waals surface area contributed by atoms with Crippen LogP contribution in [-0.4, -0.2) is 46.3 Å². The van der Waals surface area contributed by atoms with Crippen LogP contribution in [0.5, 0.6) is 5.75 Å². The van der Waals surface area contributed by atoms with Crippen LogP contribution in [0.3, 0.4) is 0 Å². The molecule has 0 radical (unpaired) electrons. The van der Waals surface area contributed by atoms with Gasteiger partial charge in [0.2, 0.25) is 0 Å². The van der Waals surface area contributed by atoms with E-state index in [1.807, 2.05) is 19.1 Å². The van der Waals surface area contributed by atoms with Crippen molar-refractivity contribution >= 4 is 0 Å². The van der Waals surface area contributed by atoms with E-state index < -0.39 is 0 Å². The summed E-state index contributed by atoms with van der Waals surface area (Å²) in [6.07, 6.45) is 3.67. The quantitative estimate of drug-likeness (QED) is 0.438. The number of phenols is 1. The van der Waals surface area contributed by atoms with E-state index in [2.05, 4.69) is 12.1 Å². The van der Waals surface area contributed by atoms with E-state index >= 15 is 0 Å². The Morgan fingerprint density at radius 3 is 1.70 bits per heavy atom. The van der Waals surface area contributed by atoms with Crippen molar-refractivity contribution in [2.45, 2.75) is 64.6 Å². The molecule has 0 heterocycles. The summed E-state index contributed by atoms with van der Waals surface area (Å²) in [4.78, 5) is 0. The molecular weight excluding hydrogens is 420 g/mol. The van der Waals surface area contributed by atoms with E-state index in [4.69, 9.17) is 23.7 Å². The molecule has 0 saturated heterocycles. The van der Waals surface area contributed by atoms with Gasteiger partial charge in [-0.25, -0.2) is 0 Å². The van der Waals surface area contributed by atoms with Gasteiger partial charge in [0.25, 0.3) is 0 Å². The molecule has 33 heavy (non-hydrogen) atoms. The summed E-state index contributed by atoms with van der Waals surface area (Å²) in [5.41, 5.74) is 7.32. The lowest BCUT2D eigenvalue weighted by Crippen LogP contribution is -2.18. The number of hydrogen-bond donors (Lipinski definition) is 1. The highest BCUT2D eigenvalue weighted by molar-refractivity contribution is 5.70. The van der Waals surface area contributed by atoms with Gasteiger partial charge in [0.1, 0.15) is 5.75 Å². The number of benzene rings is 2. The number of ether oxygens (including phenoxy) is 5. The highest BCUT2D eigenvalue weighted by Gasteiger charge is 2.26. The summed E-state index contributed by atoms with van der Waals surface area (Å²) < 4.78 is 27.7. The largest absolute Gasteiger partial charge is 0.507 e. The fourth-order valence-electron chi connectivity index (χ4n) is 4.53. The molecule has 6 heteroatoms. The van der Waals surface area contributed by atoms with Crippen LogP contribution in [0.15, 0.2) is 24.3 Å². The number of hydrogen-bond acceptors (Lipinski definition) is 6. The van der Waals surface area contributed by atoms with Gasteiger partial charge in [-0.1, -0.05) is 6.42 Å². The van der Waals surface area contributed by atoms with Crippen LogP contribution < -0.4 is 0 Å². The van der Waals surface area contributed by atoms with E-state index in [9.17, 15) is 5.11 Å². The zero-order chi connectivity index (χ0) is 23.8. The maximum absolute atomic E-state index is 10.7.